The Morgan fingerprint density at radius 1 is 0.742 bits per heavy atom. The molecule has 0 aliphatic heterocycles. The molecular weight excluding hydrogens is 452 g/mol. The lowest BCUT2D eigenvalue weighted by Gasteiger charge is -2.13. The minimum Gasteiger partial charge on any atom is -0.338 e. The van der Waals surface area contributed by atoms with E-state index in [9.17, 15) is 4.39 Å². The van der Waals surface area contributed by atoms with Gasteiger partial charge in [0, 0.05) is 10.6 Å². The first-order valence-corrected chi connectivity index (χ1v) is 11.0. The third-order valence-corrected chi connectivity index (χ3v) is 6.40. The van der Waals surface area contributed by atoms with Crippen molar-refractivity contribution in [3.05, 3.63) is 94.7 Å². The molecule has 31 heavy (non-hydrogen) atoms. The molecule has 0 unspecified atom stereocenters. The van der Waals surface area contributed by atoms with Crippen LogP contribution in [0.15, 0.2) is 88.8 Å². The maximum Gasteiger partial charge on any atom is 0.164 e. The van der Waals surface area contributed by atoms with Crippen molar-refractivity contribution >= 4 is 68.3 Å². The van der Waals surface area contributed by atoms with Crippen molar-refractivity contribution < 1.29 is 4.39 Å². The lowest BCUT2D eigenvalue weighted by Crippen LogP contribution is -2.00. The van der Waals surface area contributed by atoms with Gasteiger partial charge in [-0.3, -0.25) is 0 Å². The van der Waals surface area contributed by atoms with E-state index in [1.54, 1.807) is 24.3 Å². The minimum atomic E-state index is -0.330. The molecule has 0 radical (unpaired) electrons. The summed E-state index contributed by atoms with van der Waals surface area (Å²) in [6.07, 6.45) is 0. The van der Waals surface area contributed by atoms with Gasteiger partial charge in [-0.05, 0) is 59.3 Å². The van der Waals surface area contributed by atoms with Crippen LogP contribution < -0.4 is 5.32 Å². The van der Waals surface area contributed by atoms with E-state index in [-0.39, 0.29) is 5.82 Å². The fourth-order valence-corrected chi connectivity index (χ4v) is 4.47. The summed E-state index contributed by atoms with van der Waals surface area (Å²) < 4.78 is 13.7. The molecule has 1 heterocycles. The number of benzene rings is 4. The molecule has 5 aromatic rings. The standard InChI is InChI=1S/C24H14Cl2FN3S/c25-19-9-8-18(13-20(19)26)31-24-23(28-17-7-3-6-16(27)12-17)29-21-10-14-4-1-2-5-15(14)11-22(21)30-24/h1-13H,(H,28,29). The molecule has 0 bridgehead atoms. The maximum absolute atomic E-state index is 13.7. The lowest BCUT2D eigenvalue weighted by molar-refractivity contribution is 0.628. The van der Waals surface area contributed by atoms with Gasteiger partial charge < -0.3 is 5.32 Å². The van der Waals surface area contributed by atoms with Gasteiger partial charge in [-0.15, -0.1) is 0 Å². The third-order valence-electron chi connectivity index (χ3n) is 4.69. The highest BCUT2D eigenvalue weighted by Crippen LogP contribution is 2.37. The van der Waals surface area contributed by atoms with Crippen LogP contribution in [-0.2, 0) is 0 Å². The summed E-state index contributed by atoms with van der Waals surface area (Å²) in [7, 11) is 0. The maximum atomic E-state index is 13.7. The fraction of sp³-hybridized carbons (Fsp3) is 0. The largest absolute Gasteiger partial charge is 0.338 e. The molecular formula is C24H14Cl2FN3S. The number of rotatable bonds is 4. The van der Waals surface area contributed by atoms with Crippen LogP contribution in [0.1, 0.15) is 0 Å². The van der Waals surface area contributed by atoms with E-state index >= 15 is 0 Å². The quantitative estimate of drug-likeness (QED) is 0.272. The van der Waals surface area contributed by atoms with Crippen molar-refractivity contribution in [1.82, 2.24) is 9.97 Å². The first-order chi connectivity index (χ1) is 15.0. The Balaban J connectivity index is 1.65. The number of halogens is 3. The number of hydrogen-bond acceptors (Lipinski definition) is 4. The average molecular weight is 466 g/mol. The van der Waals surface area contributed by atoms with E-state index in [1.165, 1.54) is 23.9 Å². The summed E-state index contributed by atoms with van der Waals surface area (Å²) >= 11 is 13.7. The second-order valence-corrected chi connectivity index (χ2v) is 8.76. The summed E-state index contributed by atoms with van der Waals surface area (Å²) in [5.74, 6) is 0.202. The molecule has 0 saturated carbocycles. The Hall–Kier alpha value is -2.86. The molecule has 0 aliphatic rings. The first kappa shape index (κ1) is 20.1. The monoisotopic (exact) mass is 465 g/mol. The number of aromatic nitrogens is 2. The molecule has 0 amide bonds. The third kappa shape index (κ3) is 4.30. The molecule has 0 spiro atoms. The molecule has 0 atom stereocenters. The molecule has 152 valence electrons. The molecule has 5 rings (SSSR count). The second-order valence-electron chi connectivity index (χ2n) is 6.88. The predicted octanol–water partition coefficient (Wildman–Crippen LogP) is 8.12. The van der Waals surface area contributed by atoms with Crippen molar-refractivity contribution in [3.63, 3.8) is 0 Å². The summed E-state index contributed by atoms with van der Waals surface area (Å²) in [5.41, 5.74) is 2.10. The number of anilines is 2. The average Bonchev–Trinajstić information content (AvgIpc) is 2.75. The number of nitrogens with zero attached hydrogens (tertiary/aromatic N) is 2. The molecule has 0 aliphatic carbocycles. The summed E-state index contributed by atoms with van der Waals surface area (Å²) in [6, 6.07) is 23.7. The zero-order valence-electron chi connectivity index (χ0n) is 15.9. The highest BCUT2D eigenvalue weighted by atomic mass is 35.5. The van der Waals surface area contributed by atoms with Crippen molar-refractivity contribution in [1.29, 1.82) is 0 Å². The smallest absolute Gasteiger partial charge is 0.164 e. The number of fused-ring (bicyclic) bond motifs is 2. The van der Waals surface area contributed by atoms with Gasteiger partial charge in [0.05, 0.1) is 21.1 Å². The number of hydrogen-bond donors (Lipinski definition) is 1. The van der Waals surface area contributed by atoms with Crippen molar-refractivity contribution in [3.8, 4) is 0 Å². The Morgan fingerprint density at radius 3 is 2.19 bits per heavy atom. The Bertz CT molecular complexity index is 1440. The molecule has 1 aromatic heterocycles. The van der Waals surface area contributed by atoms with Gasteiger partial charge in [0.15, 0.2) is 5.82 Å². The van der Waals surface area contributed by atoms with E-state index < -0.39 is 0 Å². The molecule has 0 saturated heterocycles. The summed E-state index contributed by atoms with van der Waals surface area (Å²) in [4.78, 5) is 10.5. The van der Waals surface area contributed by atoms with Crippen molar-refractivity contribution in [2.45, 2.75) is 9.92 Å². The van der Waals surface area contributed by atoms with Gasteiger partial charge in [-0.2, -0.15) is 0 Å². The first-order valence-electron chi connectivity index (χ1n) is 9.41. The minimum absolute atomic E-state index is 0.330. The van der Waals surface area contributed by atoms with E-state index in [2.05, 4.69) is 5.32 Å². The normalized spacial score (nSPS) is 11.2. The van der Waals surface area contributed by atoms with Gasteiger partial charge >= 0.3 is 0 Å². The summed E-state index contributed by atoms with van der Waals surface area (Å²) in [6.45, 7) is 0. The second kappa shape index (κ2) is 8.35. The zero-order chi connectivity index (χ0) is 21.4. The van der Waals surface area contributed by atoms with Crippen LogP contribution in [0, 0.1) is 5.82 Å². The molecule has 4 aromatic carbocycles. The van der Waals surface area contributed by atoms with Crippen LogP contribution in [0.25, 0.3) is 21.8 Å². The highest BCUT2D eigenvalue weighted by molar-refractivity contribution is 7.99. The summed E-state index contributed by atoms with van der Waals surface area (Å²) in [5, 5.41) is 6.96. The molecule has 7 heteroatoms. The molecule has 3 nitrogen and oxygen atoms in total. The Morgan fingerprint density at radius 2 is 1.48 bits per heavy atom. The lowest BCUT2D eigenvalue weighted by atomic mass is 10.1. The van der Waals surface area contributed by atoms with E-state index in [4.69, 9.17) is 33.2 Å². The van der Waals surface area contributed by atoms with E-state index in [1.807, 2.05) is 42.5 Å². The van der Waals surface area contributed by atoms with Crippen LogP contribution in [0.4, 0.5) is 15.9 Å². The van der Waals surface area contributed by atoms with Gasteiger partial charge in [-0.1, -0.05) is 65.3 Å². The van der Waals surface area contributed by atoms with Gasteiger partial charge in [0.1, 0.15) is 10.8 Å². The SMILES string of the molecule is Fc1cccc(Nc2nc3cc4ccccc4cc3nc2Sc2ccc(Cl)c(Cl)c2)c1. The van der Waals surface area contributed by atoms with E-state index in [0.29, 0.717) is 26.6 Å². The number of nitrogens with one attached hydrogen (secondary N) is 1. The fourth-order valence-electron chi connectivity index (χ4n) is 3.23. The van der Waals surface area contributed by atoms with Crippen LogP contribution >= 0.6 is 35.0 Å². The Labute approximate surface area is 192 Å². The van der Waals surface area contributed by atoms with Crippen molar-refractivity contribution in [2.24, 2.45) is 0 Å². The van der Waals surface area contributed by atoms with Crippen LogP contribution in [-0.4, -0.2) is 9.97 Å². The Kier molecular flexibility index (Phi) is 5.40. The van der Waals surface area contributed by atoms with E-state index in [0.717, 1.165) is 26.7 Å². The van der Waals surface area contributed by atoms with Gasteiger partial charge in [0.25, 0.3) is 0 Å². The van der Waals surface area contributed by atoms with Crippen molar-refractivity contribution in [2.75, 3.05) is 5.32 Å². The predicted molar refractivity (Wildman–Crippen MR) is 127 cm³/mol. The van der Waals surface area contributed by atoms with Gasteiger partial charge in [0.2, 0.25) is 0 Å². The van der Waals surface area contributed by atoms with Crippen LogP contribution in [0.5, 0.6) is 0 Å². The highest BCUT2D eigenvalue weighted by Gasteiger charge is 2.13. The van der Waals surface area contributed by atoms with Gasteiger partial charge in [-0.25, -0.2) is 14.4 Å². The van der Waals surface area contributed by atoms with Crippen LogP contribution in [0.2, 0.25) is 10.0 Å². The zero-order valence-corrected chi connectivity index (χ0v) is 18.3. The molecule has 0 fully saturated rings. The molecule has 1 N–H and O–H groups in total. The topological polar surface area (TPSA) is 37.8 Å². The van der Waals surface area contributed by atoms with Crippen LogP contribution in [0.3, 0.4) is 0 Å².